The average Bonchev–Trinajstić information content (AvgIpc) is 2.84. The van der Waals surface area contributed by atoms with Crippen LogP contribution < -0.4 is 11.3 Å². The van der Waals surface area contributed by atoms with Crippen LogP contribution in [-0.4, -0.2) is 9.97 Å². The van der Waals surface area contributed by atoms with Crippen molar-refractivity contribution in [3.63, 3.8) is 0 Å². The second-order valence-electron chi connectivity index (χ2n) is 8.43. The van der Waals surface area contributed by atoms with Crippen molar-refractivity contribution in [2.24, 2.45) is 0 Å². The summed E-state index contributed by atoms with van der Waals surface area (Å²) in [5.74, 6) is 0.537. The van der Waals surface area contributed by atoms with Crippen LogP contribution in [0.1, 0.15) is 11.1 Å². The second-order valence-corrected chi connectivity index (χ2v) is 8.43. The van der Waals surface area contributed by atoms with Gasteiger partial charge in [-0.1, -0.05) is 35.4 Å². The molecule has 0 aliphatic heterocycles. The largest absolute Gasteiger partial charge is 0.403 e. The predicted octanol–water partition coefficient (Wildman–Crippen LogP) is 5.79. The number of rotatable bonds is 2. The first-order valence-corrected chi connectivity index (χ1v) is 10.8. The Bertz CT molecular complexity index is 1740. The van der Waals surface area contributed by atoms with Crippen LogP contribution in [-0.2, 0) is 0 Å². The summed E-state index contributed by atoms with van der Waals surface area (Å²) < 4.78 is 11.0. The number of nitrogens with zero attached hydrogens (tertiary/aromatic N) is 2. The van der Waals surface area contributed by atoms with Gasteiger partial charge in [0.15, 0.2) is 0 Å². The molecule has 0 atom stereocenters. The lowest BCUT2D eigenvalue weighted by Gasteiger charge is -2.06. The lowest BCUT2D eigenvalue weighted by atomic mass is 10.0. The van der Waals surface area contributed by atoms with E-state index in [0.29, 0.717) is 32.9 Å². The Kier molecular flexibility index (Phi) is 4.42. The van der Waals surface area contributed by atoms with Gasteiger partial charge in [0.1, 0.15) is 0 Å². The van der Waals surface area contributed by atoms with Crippen molar-refractivity contribution in [3.8, 4) is 22.9 Å². The maximum absolute atomic E-state index is 12.5. The molecule has 0 saturated heterocycles. The molecule has 6 nitrogen and oxygen atoms in total. The summed E-state index contributed by atoms with van der Waals surface area (Å²) in [5, 5.41) is 2.78. The van der Waals surface area contributed by atoms with Crippen molar-refractivity contribution in [2.75, 3.05) is 0 Å². The Labute approximate surface area is 193 Å². The molecule has 0 aliphatic rings. The minimum atomic E-state index is -0.410. The van der Waals surface area contributed by atoms with E-state index in [1.54, 1.807) is 12.1 Å². The number of benzene rings is 4. The molecular formula is C28H18N2O4. The maximum atomic E-state index is 12.5. The molecule has 0 unspecified atom stereocenters. The molecule has 0 saturated carbocycles. The van der Waals surface area contributed by atoms with Crippen LogP contribution in [0.25, 0.3) is 55.5 Å². The Morgan fingerprint density at radius 3 is 1.44 bits per heavy atom. The van der Waals surface area contributed by atoms with Crippen molar-refractivity contribution in [3.05, 3.63) is 105 Å². The highest BCUT2D eigenvalue weighted by atomic mass is 16.4. The number of aryl methyl sites for hydroxylation is 2. The highest BCUT2D eigenvalue weighted by molar-refractivity contribution is 5.90. The van der Waals surface area contributed by atoms with Crippen LogP contribution in [0.2, 0.25) is 0 Å². The van der Waals surface area contributed by atoms with Gasteiger partial charge in [-0.25, -0.2) is 19.6 Å². The van der Waals surface area contributed by atoms with Crippen molar-refractivity contribution in [1.29, 1.82) is 0 Å². The fourth-order valence-corrected chi connectivity index (χ4v) is 4.13. The SMILES string of the molecule is Cc1ccc2nc(-c3ccc4cc(-c5nc6ccc(C)cc6c(=O)o5)ccc4c3)oc(=O)c2c1. The molecule has 0 fully saturated rings. The smallest absolute Gasteiger partial charge is 0.347 e. The summed E-state index contributed by atoms with van der Waals surface area (Å²) in [4.78, 5) is 34.0. The van der Waals surface area contributed by atoms with E-state index in [-0.39, 0.29) is 11.8 Å². The molecule has 0 amide bonds. The van der Waals surface area contributed by atoms with Gasteiger partial charge in [-0.05, 0) is 73.2 Å². The first kappa shape index (κ1) is 20.1. The number of hydrogen-bond acceptors (Lipinski definition) is 6. The molecule has 0 spiro atoms. The molecule has 0 radical (unpaired) electrons. The van der Waals surface area contributed by atoms with Crippen LogP contribution in [0.4, 0.5) is 0 Å². The van der Waals surface area contributed by atoms with Crippen molar-refractivity contribution >= 4 is 32.6 Å². The minimum absolute atomic E-state index is 0.268. The summed E-state index contributed by atoms with van der Waals surface area (Å²) in [5.41, 5.74) is 3.72. The average molecular weight is 446 g/mol. The molecule has 2 heterocycles. The molecule has 0 N–H and O–H groups in total. The van der Waals surface area contributed by atoms with E-state index in [9.17, 15) is 9.59 Å². The lowest BCUT2D eigenvalue weighted by molar-refractivity contribution is 0.518. The van der Waals surface area contributed by atoms with E-state index in [4.69, 9.17) is 8.83 Å². The van der Waals surface area contributed by atoms with Crippen LogP contribution in [0.5, 0.6) is 0 Å². The topological polar surface area (TPSA) is 86.2 Å². The van der Waals surface area contributed by atoms with Crippen LogP contribution >= 0.6 is 0 Å². The molecule has 6 aromatic rings. The standard InChI is InChI=1S/C28H18N2O4/c1-15-3-9-23-21(11-15)27(31)33-25(29-23)19-7-5-18-14-20(8-6-17(18)13-19)26-30-24-10-4-16(2)12-22(24)28(32)34-26/h3-14H,1-2H3. The predicted molar refractivity (Wildman–Crippen MR) is 132 cm³/mol. The third-order valence-corrected chi connectivity index (χ3v) is 5.90. The first-order valence-electron chi connectivity index (χ1n) is 10.8. The van der Waals surface area contributed by atoms with Crippen LogP contribution in [0.3, 0.4) is 0 Å². The Balaban J connectivity index is 1.43. The normalized spacial score (nSPS) is 11.5. The lowest BCUT2D eigenvalue weighted by Crippen LogP contribution is -2.03. The van der Waals surface area contributed by atoms with Crippen molar-refractivity contribution in [1.82, 2.24) is 9.97 Å². The van der Waals surface area contributed by atoms with E-state index in [0.717, 1.165) is 21.9 Å². The first-order chi connectivity index (χ1) is 16.4. The van der Waals surface area contributed by atoms with E-state index in [1.165, 1.54) is 0 Å². The monoisotopic (exact) mass is 446 g/mol. The van der Waals surface area contributed by atoms with Gasteiger partial charge in [0.05, 0.1) is 21.8 Å². The highest BCUT2D eigenvalue weighted by Gasteiger charge is 2.12. The highest BCUT2D eigenvalue weighted by Crippen LogP contribution is 2.28. The van der Waals surface area contributed by atoms with Gasteiger partial charge in [-0.15, -0.1) is 0 Å². The van der Waals surface area contributed by atoms with Gasteiger partial charge in [-0.3, -0.25) is 0 Å². The zero-order valence-corrected chi connectivity index (χ0v) is 18.5. The summed E-state index contributed by atoms with van der Waals surface area (Å²) in [6.07, 6.45) is 0. The Morgan fingerprint density at radius 1 is 0.559 bits per heavy atom. The van der Waals surface area contributed by atoms with Gasteiger partial charge in [0.25, 0.3) is 0 Å². The van der Waals surface area contributed by atoms with Gasteiger partial charge in [-0.2, -0.15) is 0 Å². The zero-order chi connectivity index (χ0) is 23.4. The molecule has 34 heavy (non-hydrogen) atoms. The second kappa shape index (κ2) is 7.49. The van der Waals surface area contributed by atoms with Gasteiger partial charge in [0.2, 0.25) is 11.8 Å². The number of aromatic nitrogens is 2. The van der Waals surface area contributed by atoms with E-state index >= 15 is 0 Å². The van der Waals surface area contributed by atoms with Gasteiger partial charge < -0.3 is 8.83 Å². The summed E-state index contributed by atoms with van der Waals surface area (Å²) in [6, 6.07) is 22.4. The quantitative estimate of drug-likeness (QED) is 0.334. The third kappa shape index (κ3) is 3.36. The van der Waals surface area contributed by atoms with Crippen molar-refractivity contribution < 1.29 is 8.83 Å². The van der Waals surface area contributed by atoms with E-state index in [2.05, 4.69) is 9.97 Å². The fraction of sp³-hybridized carbons (Fsp3) is 0.0714. The zero-order valence-electron chi connectivity index (χ0n) is 18.5. The van der Waals surface area contributed by atoms with E-state index in [1.807, 2.05) is 74.5 Å². The molecule has 0 aliphatic carbocycles. The summed E-state index contributed by atoms with van der Waals surface area (Å²) >= 11 is 0. The maximum Gasteiger partial charge on any atom is 0.347 e. The van der Waals surface area contributed by atoms with Gasteiger partial charge in [0, 0.05) is 11.1 Å². The molecule has 0 bridgehead atoms. The number of hydrogen-bond donors (Lipinski definition) is 0. The van der Waals surface area contributed by atoms with E-state index < -0.39 is 11.3 Å². The number of fused-ring (bicyclic) bond motifs is 3. The van der Waals surface area contributed by atoms with Crippen molar-refractivity contribution in [2.45, 2.75) is 13.8 Å². The van der Waals surface area contributed by atoms with Gasteiger partial charge >= 0.3 is 11.3 Å². The molecule has 6 rings (SSSR count). The molecular weight excluding hydrogens is 428 g/mol. The Morgan fingerprint density at radius 2 is 1.00 bits per heavy atom. The summed E-state index contributed by atoms with van der Waals surface area (Å²) in [6.45, 7) is 3.84. The minimum Gasteiger partial charge on any atom is -0.403 e. The molecule has 164 valence electrons. The Hall–Kier alpha value is -4.58. The molecule has 2 aromatic heterocycles. The van der Waals surface area contributed by atoms with Crippen LogP contribution in [0.15, 0.2) is 91.2 Å². The fourth-order valence-electron chi connectivity index (χ4n) is 4.13. The molecule has 4 aromatic carbocycles. The third-order valence-electron chi connectivity index (χ3n) is 5.90. The summed E-state index contributed by atoms with van der Waals surface area (Å²) in [7, 11) is 0. The van der Waals surface area contributed by atoms with Crippen LogP contribution in [0, 0.1) is 13.8 Å². The molecule has 6 heteroatoms.